The van der Waals surface area contributed by atoms with Gasteiger partial charge in [-0.1, -0.05) is 30.3 Å². The van der Waals surface area contributed by atoms with Crippen LogP contribution in [0.3, 0.4) is 0 Å². The fourth-order valence-electron chi connectivity index (χ4n) is 5.12. The lowest BCUT2D eigenvalue weighted by Gasteiger charge is -2.32. The van der Waals surface area contributed by atoms with E-state index >= 15 is 0 Å². The van der Waals surface area contributed by atoms with E-state index in [0.717, 1.165) is 5.56 Å². The average molecular weight is 627 g/mol. The zero-order chi connectivity index (χ0) is 33.0. The third kappa shape index (κ3) is 11.2. The molecule has 3 rings (SSSR count). The first-order valence-electron chi connectivity index (χ1n) is 15.5. The van der Waals surface area contributed by atoms with Crippen molar-refractivity contribution in [3.05, 3.63) is 59.7 Å². The van der Waals surface area contributed by atoms with Crippen LogP contribution in [0.15, 0.2) is 48.5 Å². The maximum absolute atomic E-state index is 13.9. The fourth-order valence-corrected chi connectivity index (χ4v) is 5.12. The highest BCUT2D eigenvalue weighted by Gasteiger charge is 2.40. The van der Waals surface area contributed by atoms with E-state index in [1.54, 1.807) is 42.2 Å². The molecule has 248 valence electrons. The van der Waals surface area contributed by atoms with Crippen LogP contribution in [-0.2, 0) is 20.8 Å². The molecule has 2 atom stereocenters. The highest BCUT2D eigenvalue weighted by Crippen LogP contribution is 2.30. The van der Waals surface area contributed by atoms with Crippen molar-refractivity contribution in [2.75, 3.05) is 53.6 Å². The molecule has 0 aromatic heterocycles. The molecule has 0 aliphatic carbocycles. The van der Waals surface area contributed by atoms with Crippen LogP contribution in [-0.4, -0.2) is 99.0 Å². The Balaban J connectivity index is 1.75. The van der Waals surface area contributed by atoms with E-state index in [4.69, 9.17) is 18.9 Å². The molecular weight excluding hydrogens is 576 g/mol. The molecule has 0 bridgehead atoms. The molecule has 1 aliphatic rings. The Hall–Kier alpha value is -3.83. The molecule has 1 saturated heterocycles. The van der Waals surface area contributed by atoms with E-state index in [9.17, 15) is 14.4 Å². The lowest BCUT2D eigenvalue weighted by atomic mass is 10.0. The predicted octanol–water partition coefficient (Wildman–Crippen LogP) is 4.10. The summed E-state index contributed by atoms with van der Waals surface area (Å²) in [6.45, 7) is 12.0. The zero-order valence-corrected chi connectivity index (χ0v) is 27.8. The average Bonchev–Trinajstić information content (AvgIpc) is 3.39. The van der Waals surface area contributed by atoms with E-state index < -0.39 is 11.7 Å². The number of rotatable bonds is 15. The summed E-state index contributed by atoms with van der Waals surface area (Å²) < 4.78 is 22.1. The van der Waals surface area contributed by atoms with Gasteiger partial charge >= 0.3 is 6.09 Å². The van der Waals surface area contributed by atoms with Gasteiger partial charge in [0.2, 0.25) is 5.91 Å². The van der Waals surface area contributed by atoms with E-state index in [1.807, 2.05) is 65.0 Å². The van der Waals surface area contributed by atoms with Crippen molar-refractivity contribution < 1.29 is 33.3 Å². The lowest BCUT2D eigenvalue weighted by molar-refractivity contribution is -0.121. The van der Waals surface area contributed by atoms with E-state index in [2.05, 4.69) is 10.6 Å². The highest BCUT2D eigenvalue weighted by molar-refractivity contribution is 5.95. The van der Waals surface area contributed by atoms with Gasteiger partial charge < -0.3 is 39.4 Å². The molecule has 3 amide bonds. The molecule has 0 saturated carbocycles. The Morgan fingerprint density at radius 1 is 1.00 bits per heavy atom. The number of benzene rings is 2. The molecule has 1 heterocycles. The van der Waals surface area contributed by atoms with Gasteiger partial charge in [0.05, 0.1) is 26.3 Å². The summed E-state index contributed by atoms with van der Waals surface area (Å²) in [6.07, 6.45) is 0.250. The lowest BCUT2D eigenvalue weighted by Crippen LogP contribution is -2.49. The van der Waals surface area contributed by atoms with Crippen molar-refractivity contribution in [3.8, 4) is 11.5 Å². The molecule has 11 nitrogen and oxygen atoms in total. The van der Waals surface area contributed by atoms with Crippen molar-refractivity contribution in [2.24, 2.45) is 5.92 Å². The maximum Gasteiger partial charge on any atom is 0.410 e. The number of ether oxygens (including phenoxy) is 4. The molecule has 2 aromatic rings. The second-order valence-corrected chi connectivity index (χ2v) is 12.5. The summed E-state index contributed by atoms with van der Waals surface area (Å²) in [5, 5.41) is 6.29. The standard InChI is InChI=1S/C34H50N4O7/c1-24(2)38(32(40)26-14-15-29(43-7)30(18-26)44-17-11-16-42-6)22-27-21-37(33(41)45-34(3,4)5)23-28(27)36-31(39)20-35-19-25-12-9-8-10-13-25/h8-10,12-15,18,24,27-28,35H,11,16-17,19-23H2,1-7H3,(H,36,39)/t27-,28+/m0/s1. The number of hydrogen-bond acceptors (Lipinski definition) is 8. The molecule has 11 heteroatoms. The number of nitrogens with one attached hydrogen (secondary N) is 2. The van der Waals surface area contributed by atoms with Crippen LogP contribution in [0.4, 0.5) is 4.79 Å². The Morgan fingerprint density at radius 3 is 2.38 bits per heavy atom. The van der Waals surface area contributed by atoms with Gasteiger partial charge in [-0.25, -0.2) is 4.79 Å². The molecule has 2 N–H and O–H groups in total. The quantitative estimate of drug-likeness (QED) is 0.284. The van der Waals surface area contributed by atoms with Crippen LogP contribution in [0.25, 0.3) is 0 Å². The Morgan fingerprint density at radius 2 is 1.73 bits per heavy atom. The molecule has 1 fully saturated rings. The first kappa shape index (κ1) is 35.6. The van der Waals surface area contributed by atoms with Crippen molar-refractivity contribution in [1.82, 2.24) is 20.4 Å². The van der Waals surface area contributed by atoms with E-state index in [0.29, 0.717) is 56.3 Å². The Kier molecular flexibility index (Phi) is 13.5. The Bertz CT molecular complexity index is 1250. The van der Waals surface area contributed by atoms with Gasteiger partial charge in [0, 0.05) is 63.8 Å². The number of nitrogens with zero attached hydrogens (tertiary/aromatic N) is 2. The second kappa shape index (κ2) is 17.0. The minimum Gasteiger partial charge on any atom is -0.493 e. The number of amides is 3. The highest BCUT2D eigenvalue weighted by atomic mass is 16.6. The summed E-state index contributed by atoms with van der Waals surface area (Å²) in [7, 11) is 3.19. The number of likely N-dealkylation sites (tertiary alicyclic amines) is 1. The van der Waals surface area contributed by atoms with E-state index in [1.165, 1.54) is 0 Å². The van der Waals surface area contributed by atoms with Crippen LogP contribution >= 0.6 is 0 Å². The van der Waals surface area contributed by atoms with Crippen LogP contribution in [0.5, 0.6) is 11.5 Å². The zero-order valence-electron chi connectivity index (χ0n) is 27.8. The largest absolute Gasteiger partial charge is 0.493 e. The van der Waals surface area contributed by atoms with Gasteiger partial charge in [-0.15, -0.1) is 0 Å². The van der Waals surface area contributed by atoms with Crippen LogP contribution in [0, 0.1) is 5.92 Å². The summed E-state index contributed by atoms with van der Waals surface area (Å²) in [5.41, 5.74) is 0.875. The van der Waals surface area contributed by atoms with E-state index in [-0.39, 0.29) is 42.9 Å². The van der Waals surface area contributed by atoms with Crippen LogP contribution in [0.1, 0.15) is 57.0 Å². The topological polar surface area (TPSA) is 119 Å². The van der Waals surface area contributed by atoms with Crippen molar-refractivity contribution >= 4 is 17.9 Å². The minimum atomic E-state index is -0.660. The molecular formula is C34H50N4O7. The maximum atomic E-state index is 13.9. The van der Waals surface area contributed by atoms with Crippen molar-refractivity contribution in [2.45, 2.75) is 65.3 Å². The number of methoxy groups -OCH3 is 2. The number of hydrogen-bond donors (Lipinski definition) is 2. The van der Waals surface area contributed by atoms with Gasteiger partial charge in [-0.2, -0.15) is 0 Å². The summed E-state index contributed by atoms with van der Waals surface area (Å²) in [6, 6.07) is 14.5. The second-order valence-electron chi connectivity index (χ2n) is 12.5. The molecule has 2 aromatic carbocycles. The number of carbonyl (C=O) groups is 3. The monoisotopic (exact) mass is 626 g/mol. The SMILES string of the molecule is COCCCOc1cc(C(=O)N(C[C@@H]2CN(C(=O)OC(C)(C)C)C[C@H]2NC(=O)CNCc2ccccc2)C(C)C)ccc1OC. The summed E-state index contributed by atoms with van der Waals surface area (Å²) >= 11 is 0. The van der Waals surface area contributed by atoms with Gasteiger partial charge in [0.1, 0.15) is 5.60 Å². The summed E-state index contributed by atoms with van der Waals surface area (Å²) in [4.78, 5) is 43.3. The number of carbonyl (C=O) groups excluding carboxylic acids is 3. The third-order valence-corrected chi connectivity index (χ3v) is 7.37. The molecule has 0 unspecified atom stereocenters. The molecule has 1 aliphatic heterocycles. The van der Waals surface area contributed by atoms with Gasteiger partial charge in [-0.05, 0) is 58.4 Å². The normalized spacial score (nSPS) is 16.4. The van der Waals surface area contributed by atoms with Gasteiger partial charge in [0.25, 0.3) is 5.91 Å². The molecule has 0 spiro atoms. The summed E-state index contributed by atoms with van der Waals surface area (Å²) in [5.74, 6) is 0.435. The first-order chi connectivity index (χ1) is 21.4. The minimum absolute atomic E-state index is 0.121. The van der Waals surface area contributed by atoms with Gasteiger partial charge in [-0.3, -0.25) is 9.59 Å². The van der Waals surface area contributed by atoms with Crippen molar-refractivity contribution in [3.63, 3.8) is 0 Å². The third-order valence-electron chi connectivity index (χ3n) is 7.37. The predicted molar refractivity (Wildman–Crippen MR) is 173 cm³/mol. The Labute approximate surface area is 267 Å². The fraction of sp³-hybridized carbons (Fsp3) is 0.559. The molecule has 0 radical (unpaired) electrons. The van der Waals surface area contributed by atoms with Crippen LogP contribution < -0.4 is 20.1 Å². The molecule has 45 heavy (non-hydrogen) atoms. The first-order valence-corrected chi connectivity index (χ1v) is 15.5. The van der Waals surface area contributed by atoms with Gasteiger partial charge in [0.15, 0.2) is 11.5 Å². The van der Waals surface area contributed by atoms with Crippen LogP contribution in [0.2, 0.25) is 0 Å². The van der Waals surface area contributed by atoms with Crippen molar-refractivity contribution in [1.29, 1.82) is 0 Å². The smallest absolute Gasteiger partial charge is 0.410 e.